The summed E-state index contributed by atoms with van der Waals surface area (Å²) in [6.45, 7) is 0.373. The number of hydrogen-bond donors (Lipinski definition) is 0. The van der Waals surface area contributed by atoms with E-state index in [1.54, 1.807) is 36.1 Å². The molecule has 3 aromatic rings. The Morgan fingerprint density at radius 2 is 2.09 bits per heavy atom. The van der Waals surface area contributed by atoms with Gasteiger partial charge in [0, 0.05) is 25.7 Å². The van der Waals surface area contributed by atoms with Crippen LogP contribution < -0.4 is 4.90 Å². The van der Waals surface area contributed by atoms with Gasteiger partial charge < -0.3 is 4.90 Å². The highest BCUT2D eigenvalue weighted by atomic mass is 16.6. The van der Waals surface area contributed by atoms with E-state index in [0.717, 1.165) is 11.0 Å². The van der Waals surface area contributed by atoms with Gasteiger partial charge in [-0.1, -0.05) is 18.2 Å². The third kappa shape index (κ3) is 2.34. The second-order valence-electron chi connectivity index (χ2n) is 4.94. The Labute approximate surface area is 126 Å². The monoisotopic (exact) mass is 298 g/mol. The van der Waals surface area contributed by atoms with Gasteiger partial charge in [0.05, 0.1) is 23.1 Å². The van der Waals surface area contributed by atoms with E-state index < -0.39 is 0 Å². The number of aryl methyl sites for hydroxylation is 1. The van der Waals surface area contributed by atoms with Crippen LogP contribution in [0.3, 0.4) is 0 Å². The standard InChI is InChI=1S/C14H14N6O2/c1-18(8-10-5-3-4-6-12(10)20(21)22)13-11-7-17-19(2)14(11)16-9-15-13/h3-7,9H,8H2,1-2H3. The highest BCUT2D eigenvalue weighted by molar-refractivity contribution is 5.86. The van der Waals surface area contributed by atoms with E-state index in [4.69, 9.17) is 0 Å². The van der Waals surface area contributed by atoms with Gasteiger partial charge in [0.25, 0.3) is 5.69 Å². The fourth-order valence-electron chi connectivity index (χ4n) is 2.41. The summed E-state index contributed by atoms with van der Waals surface area (Å²) in [4.78, 5) is 21.1. The maximum atomic E-state index is 11.1. The smallest absolute Gasteiger partial charge is 0.274 e. The van der Waals surface area contributed by atoms with Crippen molar-refractivity contribution in [3.63, 3.8) is 0 Å². The van der Waals surface area contributed by atoms with Crippen molar-refractivity contribution in [1.82, 2.24) is 19.7 Å². The Kier molecular flexibility index (Phi) is 3.42. The number of nitro groups is 1. The van der Waals surface area contributed by atoms with Crippen LogP contribution in [0.1, 0.15) is 5.56 Å². The van der Waals surface area contributed by atoms with Gasteiger partial charge in [-0.2, -0.15) is 5.10 Å². The zero-order valence-corrected chi connectivity index (χ0v) is 12.2. The molecular formula is C14H14N6O2. The molecule has 0 spiro atoms. The number of aromatic nitrogens is 4. The first kappa shape index (κ1) is 13.9. The van der Waals surface area contributed by atoms with Crippen molar-refractivity contribution in [3.05, 3.63) is 52.5 Å². The first-order valence-corrected chi connectivity index (χ1v) is 6.64. The zero-order valence-electron chi connectivity index (χ0n) is 12.2. The van der Waals surface area contributed by atoms with Crippen LogP contribution in [0.2, 0.25) is 0 Å². The summed E-state index contributed by atoms with van der Waals surface area (Å²) >= 11 is 0. The van der Waals surface area contributed by atoms with E-state index in [0.29, 0.717) is 17.9 Å². The molecule has 0 saturated carbocycles. The predicted molar refractivity (Wildman–Crippen MR) is 81.5 cm³/mol. The third-order valence-electron chi connectivity index (χ3n) is 3.47. The molecule has 3 rings (SSSR count). The molecule has 0 radical (unpaired) electrons. The van der Waals surface area contributed by atoms with Crippen LogP contribution >= 0.6 is 0 Å². The van der Waals surface area contributed by atoms with Gasteiger partial charge in [-0.05, 0) is 0 Å². The van der Waals surface area contributed by atoms with Crippen LogP contribution in [0, 0.1) is 10.1 Å². The van der Waals surface area contributed by atoms with Crippen LogP contribution in [-0.4, -0.2) is 31.7 Å². The maximum absolute atomic E-state index is 11.1. The maximum Gasteiger partial charge on any atom is 0.274 e. The molecule has 0 N–H and O–H groups in total. The van der Waals surface area contributed by atoms with Gasteiger partial charge in [-0.25, -0.2) is 9.97 Å². The molecule has 8 nitrogen and oxygen atoms in total. The molecule has 1 aromatic carbocycles. The minimum Gasteiger partial charge on any atom is -0.354 e. The lowest BCUT2D eigenvalue weighted by atomic mass is 10.1. The number of rotatable bonds is 4. The van der Waals surface area contributed by atoms with Crippen LogP contribution in [0.4, 0.5) is 11.5 Å². The Morgan fingerprint density at radius 1 is 1.32 bits per heavy atom. The van der Waals surface area contributed by atoms with E-state index in [2.05, 4.69) is 15.1 Å². The van der Waals surface area contributed by atoms with E-state index in [9.17, 15) is 10.1 Å². The zero-order chi connectivity index (χ0) is 15.7. The minimum absolute atomic E-state index is 0.103. The topological polar surface area (TPSA) is 90.0 Å². The van der Waals surface area contributed by atoms with Gasteiger partial charge in [-0.15, -0.1) is 0 Å². The van der Waals surface area contributed by atoms with Gasteiger partial charge in [0.15, 0.2) is 5.65 Å². The Bertz CT molecular complexity index is 844. The van der Waals surface area contributed by atoms with Crippen molar-refractivity contribution in [2.24, 2.45) is 7.05 Å². The Balaban J connectivity index is 1.97. The number of fused-ring (bicyclic) bond motifs is 1. The largest absolute Gasteiger partial charge is 0.354 e. The predicted octanol–water partition coefficient (Wildman–Crippen LogP) is 1.91. The average Bonchev–Trinajstić information content (AvgIpc) is 2.89. The van der Waals surface area contributed by atoms with Gasteiger partial charge >= 0.3 is 0 Å². The molecular weight excluding hydrogens is 284 g/mol. The van der Waals surface area contributed by atoms with Crippen LogP contribution in [0.5, 0.6) is 0 Å². The molecule has 0 amide bonds. The third-order valence-corrected chi connectivity index (χ3v) is 3.47. The van der Waals surface area contributed by atoms with Gasteiger partial charge in [0.2, 0.25) is 0 Å². The van der Waals surface area contributed by atoms with Crippen LogP contribution in [0.25, 0.3) is 11.0 Å². The molecule has 0 aliphatic heterocycles. The van der Waals surface area contributed by atoms with Crippen LogP contribution in [0.15, 0.2) is 36.8 Å². The number of hydrogen-bond acceptors (Lipinski definition) is 6. The number of nitrogens with zero attached hydrogens (tertiary/aromatic N) is 6. The molecule has 22 heavy (non-hydrogen) atoms. The molecule has 2 aromatic heterocycles. The summed E-state index contributed by atoms with van der Waals surface area (Å²) in [5, 5.41) is 16.1. The quantitative estimate of drug-likeness (QED) is 0.540. The normalized spacial score (nSPS) is 10.8. The van der Waals surface area contributed by atoms with E-state index in [1.807, 2.05) is 11.9 Å². The number of anilines is 1. The van der Waals surface area contributed by atoms with Crippen LogP contribution in [-0.2, 0) is 13.6 Å². The molecule has 0 unspecified atom stereocenters. The molecule has 0 saturated heterocycles. The summed E-state index contributed by atoms with van der Waals surface area (Å²) in [6.07, 6.45) is 3.16. The molecule has 0 aliphatic carbocycles. The molecule has 0 bridgehead atoms. The fourth-order valence-corrected chi connectivity index (χ4v) is 2.41. The minimum atomic E-state index is -0.372. The molecule has 112 valence electrons. The first-order chi connectivity index (χ1) is 10.6. The number of nitro benzene ring substituents is 1. The average molecular weight is 298 g/mol. The van der Waals surface area contributed by atoms with Crippen molar-refractivity contribution in [1.29, 1.82) is 0 Å². The lowest BCUT2D eigenvalue weighted by Gasteiger charge is -2.18. The summed E-state index contributed by atoms with van der Waals surface area (Å²) < 4.78 is 1.67. The summed E-state index contributed by atoms with van der Waals surface area (Å²) in [5.74, 6) is 0.691. The summed E-state index contributed by atoms with van der Waals surface area (Å²) in [5.41, 5.74) is 1.45. The Morgan fingerprint density at radius 3 is 2.86 bits per heavy atom. The molecule has 8 heteroatoms. The fraction of sp³-hybridized carbons (Fsp3) is 0.214. The lowest BCUT2D eigenvalue weighted by molar-refractivity contribution is -0.385. The molecule has 0 aliphatic rings. The van der Waals surface area contributed by atoms with Gasteiger partial charge in [-0.3, -0.25) is 14.8 Å². The SMILES string of the molecule is CN(Cc1ccccc1[N+](=O)[O-])c1ncnc2c1cnn2C. The van der Waals surface area contributed by atoms with E-state index >= 15 is 0 Å². The second kappa shape index (κ2) is 5.40. The highest BCUT2D eigenvalue weighted by Gasteiger charge is 2.17. The van der Waals surface area contributed by atoms with Crippen molar-refractivity contribution in [3.8, 4) is 0 Å². The van der Waals surface area contributed by atoms with E-state index in [1.165, 1.54) is 12.4 Å². The lowest BCUT2D eigenvalue weighted by Crippen LogP contribution is -2.19. The molecule has 0 fully saturated rings. The van der Waals surface area contributed by atoms with Crippen molar-refractivity contribution < 1.29 is 4.92 Å². The second-order valence-corrected chi connectivity index (χ2v) is 4.94. The highest BCUT2D eigenvalue weighted by Crippen LogP contribution is 2.25. The molecule has 2 heterocycles. The molecule has 0 atom stereocenters. The van der Waals surface area contributed by atoms with Crippen molar-refractivity contribution >= 4 is 22.5 Å². The van der Waals surface area contributed by atoms with Crippen molar-refractivity contribution in [2.45, 2.75) is 6.54 Å². The van der Waals surface area contributed by atoms with E-state index in [-0.39, 0.29) is 10.6 Å². The number of benzene rings is 1. The first-order valence-electron chi connectivity index (χ1n) is 6.64. The van der Waals surface area contributed by atoms with Crippen molar-refractivity contribution in [2.75, 3.05) is 11.9 Å². The summed E-state index contributed by atoms with van der Waals surface area (Å²) in [7, 11) is 3.65. The number of para-hydroxylation sites is 1. The Hall–Kier alpha value is -3.03. The summed E-state index contributed by atoms with van der Waals surface area (Å²) in [6, 6.07) is 6.69. The van der Waals surface area contributed by atoms with Gasteiger partial charge in [0.1, 0.15) is 12.1 Å².